The molecule has 0 spiro atoms. The van der Waals surface area contributed by atoms with E-state index in [1.165, 1.54) is 6.07 Å². The van der Waals surface area contributed by atoms with Crippen LogP contribution in [0.4, 0.5) is 10.1 Å². The molecule has 0 radical (unpaired) electrons. The third-order valence-corrected chi connectivity index (χ3v) is 3.86. The maximum atomic E-state index is 13.6. The van der Waals surface area contributed by atoms with Crippen molar-refractivity contribution in [2.24, 2.45) is 0 Å². The highest BCUT2D eigenvalue weighted by Gasteiger charge is 2.38. The molecule has 1 rings (SSSR count). The second kappa shape index (κ2) is 5.31. The lowest BCUT2D eigenvalue weighted by molar-refractivity contribution is -0.0918. The Labute approximate surface area is 119 Å². The Balaban J connectivity index is 3.06. The minimum atomic E-state index is -1.05. The fraction of sp³-hybridized carbons (Fsp3) is 0.538. The van der Waals surface area contributed by atoms with Gasteiger partial charge in [-0.25, -0.2) is 4.39 Å². The van der Waals surface area contributed by atoms with Crippen LogP contribution in [-0.2, 0) is 4.65 Å². The number of nitrogen functional groups attached to an aromatic ring is 1. The number of hydrogen-bond acceptors (Lipinski definition) is 3. The second-order valence-corrected chi connectivity index (χ2v) is 6.11. The molecule has 0 aliphatic heterocycles. The molecule has 0 amide bonds. The van der Waals surface area contributed by atoms with Crippen LogP contribution >= 0.6 is 11.6 Å². The van der Waals surface area contributed by atoms with Crippen LogP contribution in [0.1, 0.15) is 27.7 Å². The number of nitrogens with two attached hydrogens (primary N) is 1. The summed E-state index contributed by atoms with van der Waals surface area (Å²) in [4.78, 5) is 0. The summed E-state index contributed by atoms with van der Waals surface area (Å²) >= 11 is 5.93. The average molecular weight is 288 g/mol. The molecule has 0 aromatic heterocycles. The first kappa shape index (κ1) is 16.3. The van der Waals surface area contributed by atoms with Crippen molar-refractivity contribution in [2.75, 3.05) is 5.73 Å². The molecule has 6 heteroatoms. The van der Waals surface area contributed by atoms with E-state index >= 15 is 0 Å². The van der Waals surface area contributed by atoms with Gasteiger partial charge < -0.3 is 15.5 Å². The molecule has 0 saturated carbocycles. The number of aliphatic hydroxyl groups is 1. The van der Waals surface area contributed by atoms with Crippen molar-refractivity contribution in [1.82, 2.24) is 0 Å². The molecule has 0 atom stereocenters. The summed E-state index contributed by atoms with van der Waals surface area (Å²) in [6.07, 6.45) is 0. The summed E-state index contributed by atoms with van der Waals surface area (Å²) in [5, 5.41) is 10.1. The Morgan fingerprint density at radius 1 is 1.32 bits per heavy atom. The Morgan fingerprint density at radius 3 is 2.32 bits per heavy atom. The van der Waals surface area contributed by atoms with Gasteiger partial charge in [-0.15, -0.1) is 0 Å². The quantitative estimate of drug-likeness (QED) is 0.661. The Bertz CT molecular complexity index is 474. The van der Waals surface area contributed by atoms with Gasteiger partial charge in [0.05, 0.1) is 16.2 Å². The summed E-state index contributed by atoms with van der Waals surface area (Å²) in [5.74, 6) is -0.576. The maximum absolute atomic E-state index is 13.6. The van der Waals surface area contributed by atoms with Crippen molar-refractivity contribution in [3.05, 3.63) is 23.0 Å². The monoisotopic (exact) mass is 287 g/mol. The predicted octanol–water partition coefficient (Wildman–Crippen LogP) is 2.46. The molecular formula is C13H20BClFNO2. The highest BCUT2D eigenvalue weighted by atomic mass is 35.5. The van der Waals surface area contributed by atoms with E-state index in [-0.39, 0.29) is 10.7 Å². The zero-order valence-electron chi connectivity index (χ0n) is 11.9. The molecule has 3 N–H and O–H groups in total. The third kappa shape index (κ3) is 3.62. The molecule has 3 nitrogen and oxygen atoms in total. The van der Waals surface area contributed by atoms with Crippen molar-refractivity contribution < 1.29 is 14.2 Å². The minimum absolute atomic E-state index is 0.00625. The molecule has 19 heavy (non-hydrogen) atoms. The number of benzene rings is 1. The summed E-state index contributed by atoms with van der Waals surface area (Å²) in [7, 11) is 0. The van der Waals surface area contributed by atoms with E-state index in [0.29, 0.717) is 5.46 Å². The summed E-state index contributed by atoms with van der Waals surface area (Å²) in [6.45, 7) is 8.09. The van der Waals surface area contributed by atoms with E-state index in [0.717, 1.165) is 0 Å². The molecule has 0 bridgehead atoms. The number of halogens is 2. The van der Waals surface area contributed by atoms with Crippen LogP contribution in [0.3, 0.4) is 0 Å². The molecule has 1 aromatic carbocycles. The van der Waals surface area contributed by atoms with Gasteiger partial charge in [0.1, 0.15) is 5.82 Å². The first-order chi connectivity index (χ1) is 8.45. The zero-order chi connectivity index (χ0) is 15.0. The highest BCUT2D eigenvalue weighted by molar-refractivity contribution is 6.69. The highest BCUT2D eigenvalue weighted by Crippen LogP contribution is 2.26. The van der Waals surface area contributed by atoms with Crippen LogP contribution in [-0.4, -0.2) is 23.2 Å². The van der Waals surface area contributed by atoms with Crippen LogP contribution in [0.15, 0.2) is 12.1 Å². The zero-order valence-corrected chi connectivity index (χ0v) is 12.7. The van der Waals surface area contributed by atoms with E-state index in [2.05, 4.69) is 0 Å². The maximum Gasteiger partial charge on any atom is 0.326 e. The van der Waals surface area contributed by atoms with E-state index in [1.54, 1.807) is 40.6 Å². The molecule has 0 heterocycles. The van der Waals surface area contributed by atoms with E-state index in [9.17, 15) is 9.50 Å². The normalized spacial score (nSPS) is 12.6. The molecule has 0 aliphatic carbocycles. The standard InChI is InChI=1S/C13H20BClFNO2/c1-12(2,18)13(3,4)19-14(5)9-6-8(17)7-10(16)11(9)15/h6-7,18H,17H2,1-5H3. The Morgan fingerprint density at radius 2 is 1.84 bits per heavy atom. The van der Waals surface area contributed by atoms with Crippen LogP contribution in [0.5, 0.6) is 0 Å². The van der Waals surface area contributed by atoms with E-state index < -0.39 is 23.9 Å². The number of hydrogen-bond donors (Lipinski definition) is 2. The SMILES string of the molecule is CB(OC(C)(C)C(C)(C)O)c1cc(N)cc(F)c1Cl. The molecule has 106 valence electrons. The molecule has 1 aromatic rings. The Hall–Kier alpha value is -0.775. The van der Waals surface area contributed by atoms with Gasteiger partial charge in [-0.05, 0) is 45.3 Å². The summed E-state index contributed by atoms with van der Waals surface area (Å²) in [6, 6.07) is 2.75. The second-order valence-electron chi connectivity index (χ2n) is 5.74. The van der Waals surface area contributed by atoms with E-state index in [4.69, 9.17) is 22.0 Å². The van der Waals surface area contributed by atoms with Crippen molar-refractivity contribution in [3.8, 4) is 0 Å². The fourth-order valence-electron chi connectivity index (χ4n) is 1.58. The number of rotatable bonds is 4. The largest absolute Gasteiger partial charge is 0.423 e. The van der Waals surface area contributed by atoms with Crippen LogP contribution in [0.25, 0.3) is 0 Å². The molecule has 0 unspecified atom stereocenters. The lowest BCUT2D eigenvalue weighted by Crippen LogP contribution is -2.52. The predicted molar refractivity (Wildman–Crippen MR) is 78.5 cm³/mol. The first-order valence-corrected chi connectivity index (χ1v) is 6.48. The van der Waals surface area contributed by atoms with Gasteiger partial charge in [0.15, 0.2) is 0 Å². The van der Waals surface area contributed by atoms with Gasteiger partial charge >= 0.3 is 6.92 Å². The van der Waals surface area contributed by atoms with Crippen LogP contribution in [0, 0.1) is 5.82 Å². The first-order valence-electron chi connectivity index (χ1n) is 6.10. The fourth-order valence-corrected chi connectivity index (χ4v) is 1.84. The van der Waals surface area contributed by atoms with Gasteiger partial charge in [-0.1, -0.05) is 18.4 Å². The van der Waals surface area contributed by atoms with Crippen molar-refractivity contribution in [3.63, 3.8) is 0 Å². The minimum Gasteiger partial charge on any atom is -0.423 e. The smallest absolute Gasteiger partial charge is 0.326 e. The molecule has 0 fully saturated rings. The lowest BCUT2D eigenvalue weighted by Gasteiger charge is -2.39. The van der Waals surface area contributed by atoms with Crippen LogP contribution in [0.2, 0.25) is 11.8 Å². The van der Waals surface area contributed by atoms with Crippen LogP contribution < -0.4 is 11.2 Å². The molecule has 0 aliphatic rings. The molecular weight excluding hydrogens is 267 g/mol. The molecule has 0 saturated heterocycles. The number of anilines is 1. The van der Waals surface area contributed by atoms with Crippen molar-refractivity contribution in [2.45, 2.75) is 45.7 Å². The Kier molecular flexibility index (Phi) is 4.55. The summed E-state index contributed by atoms with van der Waals surface area (Å²) < 4.78 is 19.4. The lowest BCUT2D eigenvalue weighted by atomic mass is 9.62. The van der Waals surface area contributed by atoms with Gasteiger partial charge in [0.25, 0.3) is 0 Å². The van der Waals surface area contributed by atoms with Gasteiger partial charge in [-0.3, -0.25) is 0 Å². The van der Waals surface area contributed by atoms with E-state index in [1.807, 2.05) is 0 Å². The van der Waals surface area contributed by atoms with Gasteiger partial charge in [0.2, 0.25) is 0 Å². The van der Waals surface area contributed by atoms with Gasteiger partial charge in [0, 0.05) is 5.69 Å². The van der Waals surface area contributed by atoms with Gasteiger partial charge in [-0.2, -0.15) is 0 Å². The van der Waals surface area contributed by atoms with Crippen molar-refractivity contribution in [1.29, 1.82) is 0 Å². The third-order valence-electron chi connectivity index (χ3n) is 3.46. The topological polar surface area (TPSA) is 55.5 Å². The van der Waals surface area contributed by atoms with Crippen molar-refractivity contribution >= 4 is 29.7 Å². The average Bonchev–Trinajstić information content (AvgIpc) is 2.20. The summed E-state index contributed by atoms with van der Waals surface area (Å²) in [5.41, 5.74) is 4.50.